The molecule has 1 fully saturated rings. The van der Waals surface area contributed by atoms with E-state index >= 15 is 0 Å². The van der Waals surface area contributed by atoms with Crippen LogP contribution < -0.4 is 10.6 Å². The van der Waals surface area contributed by atoms with Crippen LogP contribution in [0.2, 0.25) is 0 Å². The van der Waals surface area contributed by atoms with Gasteiger partial charge in [-0.1, -0.05) is 12.1 Å². The molecule has 0 aromatic heterocycles. The number of aliphatic hydroxyl groups is 1. The molecule has 0 aliphatic carbocycles. The van der Waals surface area contributed by atoms with E-state index in [1.54, 1.807) is 23.9 Å². The van der Waals surface area contributed by atoms with Crippen LogP contribution in [0.3, 0.4) is 0 Å². The zero-order valence-electron chi connectivity index (χ0n) is 10.4. The Morgan fingerprint density at radius 3 is 2.84 bits per heavy atom. The quantitative estimate of drug-likeness (QED) is 0.756. The Balaban J connectivity index is 2.02. The van der Waals surface area contributed by atoms with E-state index in [4.69, 9.17) is 5.11 Å². The van der Waals surface area contributed by atoms with Crippen molar-refractivity contribution in [3.8, 4) is 0 Å². The number of nitrogens with one attached hydrogen (secondary N) is 2. The fraction of sp³-hybridized carbons (Fsp3) is 0.462. The second kappa shape index (κ2) is 6.88. The Morgan fingerprint density at radius 1 is 1.53 bits per heavy atom. The van der Waals surface area contributed by atoms with Crippen molar-refractivity contribution >= 4 is 17.7 Å². The first kappa shape index (κ1) is 14.3. The van der Waals surface area contributed by atoms with Crippen molar-refractivity contribution in [2.45, 2.75) is 17.8 Å². The lowest BCUT2D eigenvalue weighted by Crippen LogP contribution is -2.41. The molecule has 1 heterocycles. The van der Waals surface area contributed by atoms with Gasteiger partial charge in [0, 0.05) is 18.9 Å². The molecule has 0 spiro atoms. The Kier molecular flexibility index (Phi) is 5.18. The minimum absolute atomic E-state index is 0.0342. The summed E-state index contributed by atoms with van der Waals surface area (Å²) >= 11 is 1.56. The third-order valence-corrected chi connectivity index (χ3v) is 4.11. The zero-order chi connectivity index (χ0) is 13.7. The average molecular weight is 284 g/mol. The lowest BCUT2D eigenvalue weighted by atomic mass is 10.0. The number of thioether (sulfide) groups is 1. The minimum atomic E-state index is -0.314. The van der Waals surface area contributed by atoms with E-state index in [0.717, 1.165) is 17.9 Å². The second-order valence-corrected chi connectivity index (χ2v) is 5.54. The highest BCUT2D eigenvalue weighted by Crippen LogP contribution is 2.19. The smallest absolute Gasteiger partial charge is 0.248 e. The van der Waals surface area contributed by atoms with Crippen LogP contribution in [0, 0.1) is 5.82 Å². The predicted octanol–water partition coefficient (Wildman–Crippen LogP) is 1.03. The monoisotopic (exact) mass is 284 g/mol. The molecule has 104 valence electrons. The third kappa shape index (κ3) is 3.92. The summed E-state index contributed by atoms with van der Waals surface area (Å²) in [5.41, 5.74) is 0.798. The maximum atomic E-state index is 12.9. The van der Waals surface area contributed by atoms with E-state index in [1.807, 2.05) is 0 Å². The molecule has 3 N–H and O–H groups in total. The van der Waals surface area contributed by atoms with E-state index in [9.17, 15) is 9.18 Å². The minimum Gasteiger partial charge on any atom is -0.396 e. The summed E-state index contributed by atoms with van der Waals surface area (Å²) in [5, 5.41) is 14.8. The molecule has 0 bridgehead atoms. The van der Waals surface area contributed by atoms with Gasteiger partial charge in [-0.25, -0.2) is 4.39 Å². The molecule has 2 rings (SSSR count). The van der Waals surface area contributed by atoms with Gasteiger partial charge in [-0.2, -0.15) is 0 Å². The van der Waals surface area contributed by atoms with Crippen molar-refractivity contribution in [1.82, 2.24) is 10.6 Å². The summed E-state index contributed by atoms with van der Waals surface area (Å²) in [4.78, 5) is 12.0. The molecule has 1 saturated heterocycles. The zero-order valence-corrected chi connectivity index (χ0v) is 11.3. The molecular weight excluding hydrogens is 267 g/mol. The molecule has 1 aliphatic heterocycles. The summed E-state index contributed by atoms with van der Waals surface area (Å²) in [6.07, 6.45) is 0.411. The molecule has 4 nitrogen and oxygen atoms in total. The molecule has 6 heteroatoms. The molecule has 0 saturated carbocycles. The first-order chi connectivity index (χ1) is 9.20. The van der Waals surface area contributed by atoms with Crippen molar-refractivity contribution in [2.24, 2.45) is 0 Å². The summed E-state index contributed by atoms with van der Waals surface area (Å²) in [6, 6.07) is 5.68. The summed E-state index contributed by atoms with van der Waals surface area (Å²) in [6.45, 7) is 0.789. The topological polar surface area (TPSA) is 61.4 Å². The number of amides is 1. The highest BCUT2D eigenvalue weighted by Gasteiger charge is 2.25. The van der Waals surface area contributed by atoms with Crippen molar-refractivity contribution in [1.29, 1.82) is 0 Å². The van der Waals surface area contributed by atoms with Gasteiger partial charge in [0.2, 0.25) is 5.91 Å². The first-order valence-corrected chi connectivity index (χ1v) is 7.27. The van der Waals surface area contributed by atoms with E-state index in [0.29, 0.717) is 6.42 Å². The molecule has 1 amide bonds. The van der Waals surface area contributed by atoms with Crippen LogP contribution >= 0.6 is 11.8 Å². The van der Waals surface area contributed by atoms with E-state index in [1.165, 1.54) is 12.1 Å². The van der Waals surface area contributed by atoms with Crippen molar-refractivity contribution in [2.75, 3.05) is 18.9 Å². The highest BCUT2D eigenvalue weighted by molar-refractivity contribution is 8.00. The fourth-order valence-electron chi connectivity index (χ4n) is 1.99. The highest BCUT2D eigenvalue weighted by atomic mass is 32.2. The Morgan fingerprint density at radius 2 is 2.26 bits per heavy atom. The summed E-state index contributed by atoms with van der Waals surface area (Å²) in [5.74, 6) is 0.510. The number of carbonyl (C=O) groups is 1. The van der Waals surface area contributed by atoms with Crippen LogP contribution in [0.4, 0.5) is 4.39 Å². The van der Waals surface area contributed by atoms with Gasteiger partial charge in [0.15, 0.2) is 0 Å². The lowest BCUT2D eigenvalue weighted by molar-refractivity contribution is -0.121. The number of hydrogen-bond donors (Lipinski definition) is 3. The molecule has 2 unspecified atom stereocenters. The number of carbonyl (C=O) groups excluding carboxylic acids is 1. The van der Waals surface area contributed by atoms with Crippen LogP contribution in [0.1, 0.15) is 18.0 Å². The number of halogens is 1. The van der Waals surface area contributed by atoms with Gasteiger partial charge in [-0.15, -0.1) is 11.8 Å². The Labute approximate surface area is 115 Å². The van der Waals surface area contributed by atoms with Crippen LogP contribution in [0.5, 0.6) is 0 Å². The van der Waals surface area contributed by atoms with Crippen molar-refractivity contribution in [3.05, 3.63) is 35.6 Å². The standard InChI is InChI=1S/C13H17FN2O2S/c14-10-3-1-9(2-4-10)11(5-7-17)16-12(18)13-15-6-8-19-13/h1-4,11,13,15,17H,5-8H2,(H,16,18). The van der Waals surface area contributed by atoms with Gasteiger partial charge in [0.05, 0.1) is 6.04 Å². The molecule has 19 heavy (non-hydrogen) atoms. The molecule has 2 atom stereocenters. The van der Waals surface area contributed by atoms with Crippen LogP contribution in [0.15, 0.2) is 24.3 Å². The molecule has 1 aromatic rings. The maximum Gasteiger partial charge on any atom is 0.248 e. The molecular formula is C13H17FN2O2S. The Hall–Kier alpha value is -1.11. The van der Waals surface area contributed by atoms with E-state index in [2.05, 4.69) is 10.6 Å². The summed E-state index contributed by atoms with van der Waals surface area (Å²) in [7, 11) is 0. The Bertz CT molecular complexity index is 421. The number of hydrogen-bond acceptors (Lipinski definition) is 4. The van der Waals surface area contributed by atoms with Gasteiger partial charge in [0.25, 0.3) is 0 Å². The first-order valence-electron chi connectivity index (χ1n) is 6.22. The fourth-order valence-corrected chi connectivity index (χ4v) is 2.91. The van der Waals surface area contributed by atoms with Crippen molar-refractivity contribution in [3.63, 3.8) is 0 Å². The molecule has 1 aliphatic rings. The number of benzene rings is 1. The van der Waals surface area contributed by atoms with Gasteiger partial charge in [-0.05, 0) is 24.1 Å². The largest absolute Gasteiger partial charge is 0.396 e. The number of rotatable bonds is 5. The van der Waals surface area contributed by atoms with Crippen molar-refractivity contribution < 1.29 is 14.3 Å². The lowest BCUT2D eigenvalue weighted by Gasteiger charge is -2.20. The normalized spacial score (nSPS) is 20.2. The van der Waals surface area contributed by atoms with Gasteiger partial charge >= 0.3 is 0 Å². The SMILES string of the molecule is O=C(NC(CCO)c1ccc(F)cc1)C1NCCS1. The van der Waals surface area contributed by atoms with Gasteiger partial charge in [0.1, 0.15) is 11.2 Å². The van der Waals surface area contributed by atoms with E-state index in [-0.39, 0.29) is 29.7 Å². The molecule has 1 aromatic carbocycles. The summed E-state index contributed by atoms with van der Waals surface area (Å²) < 4.78 is 12.9. The average Bonchev–Trinajstić information content (AvgIpc) is 2.93. The third-order valence-electron chi connectivity index (χ3n) is 2.96. The van der Waals surface area contributed by atoms with Crippen LogP contribution in [-0.2, 0) is 4.79 Å². The number of aliphatic hydroxyl groups excluding tert-OH is 1. The van der Waals surface area contributed by atoms with Gasteiger partial charge < -0.3 is 10.4 Å². The molecule has 0 radical (unpaired) electrons. The van der Waals surface area contributed by atoms with Crippen LogP contribution in [-0.4, -0.2) is 35.3 Å². The van der Waals surface area contributed by atoms with E-state index < -0.39 is 0 Å². The predicted molar refractivity (Wildman–Crippen MR) is 73.2 cm³/mol. The van der Waals surface area contributed by atoms with Gasteiger partial charge in [-0.3, -0.25) is 10.1 Å². The maximum absolute atomic E-state index is 12.9. The van der Waals surface area contributed by atoms with Crippen LogP contribution in [0.25, 0.3) is 0 Å². The second-order valence-electron chi connectivity index (χ2n) is 4.33.